The van der Waals surface area contributed by atoms with Crippen molar-refractivity contribution in [2.24, 2.45) is 0 Å². The smallest absolute Gasteiger partial charge is 0.144 e. The van der Waals surface area contributed by atoms with Crippen LogP contribution in [0.5, 0.6) is 23.0 Å². The fraction of sp³-hybridized carbons (Fsp3) is 0.455. The van der Waals surface area contributed by atoms with Gasteiger partial charge in [0.2, 0.25) is 0 Å². The topological polar surface area (TPSA) is 121 Å². The first-order valence-corrected chi connectivity index (χ1v) is 19.9. The molecule has 0 N–H and O–H groups in total. The highest BCUT2D eigenvalue weighted by atomic mass is 31.2. The van der Waals surface area contributed by atoms with Crippen molar-refractivity contribution in [1.82, 2.24) is 0 Å². The summed E-state index contributed by atoms with van der Waals surface area (Å²) < 4.78 is 69.6. The van der Waals surface area contributed by atoms with E-state index in [0.717, 1.165) is 31.7 Å². The van der Waals surface area contributed by atoms with Crippen LogP contribution < -0.4 is 34.9 Å². The third-order valence-electron chi connectivity index (χ3n) is 7.48. The molecule has 3 aromatic rings. The Balaban J connectivity index is 0.000000163. The van der Waals surface area contributed by atoms with Crippen LogP contribution in [0.4, 0.5) is 0 Å². The summed E-state index contributed by atoms with van der Waals surface area (Å²) in [6.45, 7) is 10.2. The summed E-state index contributed by atoms with van der Waals surface area (Å²) in [7, 11) is -5.24. The first kappa shape index (κ1) is 32.1. The van der Waals surface area contributed by atoms with Gasteiger partial charge in [-0.15, -0.1) is 0 Å². The molecule has 0 amide bonds. The predicted molar refractivity (Wildman–Crippen MR) is 172 cm³/mol. The fourth-order valence-corrected chi connectivity index (χ4v) is 7.49. The van der Waals surface area contributed by atoms with Crippen LogP contribution in [0.25, 0.3) is 0 Å². The van der Waals surface area contributed by atoms with E-state index in [4.69, 9.17) is 37.9 Å². The van der Waals surface area contributed by atoms with E-state index in [9.17, 15) is 9.13 Å². The minimum atomic E-state index is -2.81. The third-order valence-corrected chi connectivity index (χ3v) is 11.5. The molecule has 0 aliphatic carbocycles. The van der Waals surface area contributed by atoms with Gasteiger partial charge in [-0.2, -0.15) is 0 Å². The molecule has 45 heavy (non-hydrogen) atoms. The minimum absolute atomic E-state index is 0.142. The molecule has 12 heteroatoms. The van der Waals surface area contributed by atoms with Crippen molar-refractivity contribution in [2.45, 2.75) is 24.4 Å². The summed E-state index contributed by atoms with van der Waals surface area (Å²) in [5, 5.41) is 2.19. The Kier molecular flexibility index (Phi) is 9.90. The summed E-state index contributed by atoms with van der Waals surface area (Å²) in [5.41, 5.74) is 0. The zero-order valence-electron chi connectivity index (χ0n) is 25.8. The molecule has 10 nitrogen and oxygen atoms in total. The molecule has 0 bridgehead atoms. The van der Waals surface area contributed by atoms with Gasteiger partial charge < -0.3 is 47.0 Å². The van der Waals surface area contributed by atoms with Crippen molar-refractivity contribution in [3.63, 3.8) is 0 Å². The van der Waals surface area contributed by atoms with E-state index in [1.54, 1.807) is 20.0 Å². The van der Waals surface area contributed by atoms with Crippen LogP contribution in [0.2, 0.25) is 0 Å². The Labute approximate surface area is 263 Å². The molecule has 4 aliphatic heterocycles. The Hall–Kier alpha value is -2.84. The van der Waals surface area contributed by atoms with Crippen molar-refractivity contribution >= 4 is 30.2 Å². The number of benzene rings is 3. The largest absolute Gasteiger partial charge is 0.491 e. The Morgan fingerprint density at radius 2 is 0.978 bits per heavy atom. The lowest BCUT2D eigenvalue weighted by atomic mass is 10.3. The zero-order valence-corrected chi connectivity index (χ0v) is 27.6. The number of rotatable bonds is 15. The molecule has 5 unspecified atom stereocenters. The van der Waals surface area contributed by atoms with E-state index in [1.807, 2.05) is 66.7 Å². The molecular weight excluding hydrogens is 618 g/mol. The van der Waals surface area contributed by atoms with Gasteiger partial charge in [0, 0.05) is 5.30 Å². The van der Waals surface area contributed by atoms with Gasteiger partial charge in [-0.3, -0.25) is 0 Å². The molecule has 4 heterocycles. The Morgan fingerprint density at radius 1 is 0.578 bits per heavy atom. The summed E-state index contributed by atoms with van der Waals surface area (Å²) in [6, 6.07) is 20.5. The zero-order chi connectivity index (χ0) is 31.4. The minimum Gasteiger partial charge on any atom is -0.491 e. The number of hydrogen-bond donors (Lipinski definition) is 0. The first-order valence-electron chi connectivity index (χ1n) is 15.1. The molecule has 242 valence electrons. The highest BCUT2D eigenvalue weighted by Crippen LogP contribution is 2.43. The van der Waals surface area contributed by atoms with Crippen molar-refractivity contribution in [3.8, 4) is 23.0 Å². The van der Waals surface area contributed by atoms with Gasteiger partial charge in [-0.25, -0.2) is 0 Å². The molecule has 3 aromatic carbocycles. The van der Waals surface area contributed by atoms with E-state index < -0.39 is 14.3 Å². The summed E-state index contributed by atoms with van der Waals surface area (Å²) >= 11 is 0. The van der Waals surface area contributed by atoms with Crippen LogP contribution >= 0.6 is 14.3 Å². The van der Waals surface area contributed by atoms with Crippen LogP contribution in [0.1, 0.15) is 0 Å². The van der Waals surface area contributed by atoms with Crippen LogP contribution in [0.15, 0.2) is 66.7 Å². The lowest BCUT2D eigenvalue weighted by molar-refractivity contribution is 0.258. The monoisotopic (exact) mass is 658 g/mol. The average molecular weight is 659 g/mol. The van der Waals surface area contributed by atoms with Gasteiger partial charge in [-0.05, 0) is 56.4 Å². The second kappa shape index (κ2) is 13.9. The molecule has 7 rings (SSSR count). The van der Waals surface area contributed by atoms with E-state index in [2.05, 4.69) is 0 Å². The lowest BCUT2D eigenvalue weighted by Gasteiger charge is -2.19. The summed E-state index contributed by atoms with van der Waals surface area (Å²) in [4.78, 5) is 0. The van der Waals surface area contributed by atoms with Crippen LogP contribution in [-0.2, 0) is 28.1 Å². The maximum Gasteiger partial charge on any atom is 0.144 e. The van der Waals surface area contributed by atoms with Gasteiger partial charge in [0.1, 0.15) is 88.1 Å². The summed E-state index contributed by atoms with van der Waals surface area (Å²) in [6.07, 6.45) is 0.702. The van der Waals surface area contributed by atoms with E-state index >= 15 is 0 Å². The van der Waals surface area contributed by atoms with Gasteiger partial charge in [0.25, 0.3) is 0 Å². The molecule has 4 saturated heterocycles. The second-order valence-corrected chi connectivity index (χ2v) is 18.0. The number of epoxide rings is 4. The molecule has 0 spiro atoms. The van der Waals surface area contributed by atoms with Gasteiger partial charge >= 0.3 is 0 Å². The molecule has 5 atom stereocenters. The molecular formula is C33H40O10P2. The maximum absolute atomic E-state index is 13.6. The number of ether oxygens (including phenoxy) is 8. The average Bonchev–Trinajstić information content (AvgIpc) is 3.84. The highest BCUT2D eigenvalue weighted by molar-refractivity contribution is 7.78. The molecule has 4 fully saturated rings. The normalized spacial score (nSPS) is 23.9. The third kappa shape index (κ3) is 9.58. The van der Waals surface area contributed by atoms with Crippen molar-refractivity contribution in [2.75, 3.05) is 72.8 Å². The van der Waals surface area contributed by atoms with Crippen molar-refractivity contribution in [1.29, 1.82) is 0 Å². The van der Waals surface area contributed by atoms with Gasteiger partial charge in [0.05, 0.1) is 37.0 Å². The number of hydrogen-bond acceptors (Lipinski definition) is 10. The van der Waals surface area contributed by atoms with E-state index in [1.165, 1.54) is 0 Å². The van der Waals surface area contributed by atoms with Gasteiger partial charge in [0.15, 0.2) is 0 Å². The predicted octanol–water partition coefficient (Wildman–Crippen LogP) is 3.68. The standard InChI is InChI=1S/C19H21O5P.C14H19O5P/c1-25(20,17-5-3-2-4-6-17)19-9-14(21-10-15-11-22-15)7-8-18(19)24-13-16-12-23-16;1-20(2,15)14-5-10(16-6-11-7-17-11)3-4-13(14)19-9-12-8-18-12/h2-9,15-16H,10-13H2,1H3;3-5,11-12H,6-9H2,1-2H3. The quantitative estimate of drug-likeness (QED) is 0.177. The SMILES string of the molecule is CP(=O)(c1ccccc1)c1cc(OCC2CO2)ccc1OCC1CO1.CP(C)(=O)c1cc(OCC2CO2)ccc1OCC1CO1. The molecule has 0 aromatic heterocycles. The fourth-order valence-electron chi connectivity index (χ4n) is 4.42. The lowest BCUT2D eigenvalue weighted by Crippen LogP contribution is -2.19. The van der Waals surface area contributed by atoms with Crippen LogP contribution in [0, 0.1) is 0 Å². The second-order valence-electron chi connectivity index (χ2n) is 11.9. The van der Waals surface area contributed by atoms with Crippen LogP contribution in [-0.4, -0.2) is 97.3 Å². The summed E-state index contributed by atoms with van der Waals surface area (Å²) in [5.74, 6) is 2.66. The van der Waals surface area contributed by atoms with Gasteiger partial charge in [-0.1, -0.05) is 30.3 Å². The maximum atomic E-state index is 13.6. The van der Waals surface area contributed by atoms with E-state index in [-0.39, 0.29) is 24.4 Å². The van der Waals surface area contributed by atoms with E-state index in [0.29, 0.717) is 60.0 Å². The molecule has 0 saturated carbocycles. The highest BCUT2D eigenvalue weighted by Gasteiger charge is 2.30. The Bertz CT molecular complexity index is 1540. The van der Waals surface area contributed by atoms with Crippen molar-refractivity contribution < 1.29 is 47.0 Å². The molecule has 0 radical (unpaired) electrons. The molecule has 4 aliphatic rings. The Morgan fingerprint density at radius 3 is 1.40 bits per heavy atom. The van der Waals surface area contributed by atoms with Crippen molar-refractivity contribution in [3.05, 3.63) is 66.7 Å². The first-order chi connectivity index (χ1) is 21.6. The van der Waals surface area contributed by atoms with Crippen LogP contribution in [0.3, 0.4) is 0 Å².